The van der Waals surface area contributed by atoms with Crippen LogP contribution in [0.1, 0.15) is 11.7 Å². The third-order valence-corrected chi connectivity index (χ3v) is 2.22. The number of pyridine rings is 1. The average Bonchev–Trinajstić information content (AvgIpc) is 2.77. The first-order valence-corrected chi connectivity index (χ1v) is 5.22. The van der Waals surface area contributed by atoms with Gasteiger partial charge in [-0.15, -0.1) is 0 Å². The zero-order valence-electron chi connectivity index (χ0n) is 9.68. The fraction of sp³-hybridized carbons (Fsp3) is 0.300. The minimum atomic E-state index is -1.71. The van der Waals surface area contributed by atoms with Crippen molar-refractivity contribution >= 4 is 5.69 Å². The molecule has 2 rings (SSSR count). The van der Waals surface area contributed by atoms with Gasteiger partial charge in [-0.05, 0) is 0 Å². The number of rotatable bonds is 4. The Morgan fingerprint density at radius 2 is 1.68 bits per heavy atom. The first-order chi connectivity index (χ1) is 8.99. The zero-order chi connectivity index (χ0) is 14.0. The molecule has 0 saturated heterocycles. The van der Waals surface area contributed by atoms with E-state index in [0.29, 0.717) is 11.7 Å². The van der Waals surface area contributed by atoms with Crippen molar-refractivity contribution in [3.8, 4) is 0 Å². The second-order valence-corrected chi connectivity index (χ2v) is 3.60. The summed E-state index contributed by atoms with van der Waals surface area (Å²) < 4.78 is 56.7. The predicted molar refractivity (Wildman–Crippen MR) is 55.3 cm³/mol. The lowest BCUT2D eigenvalue weighted by Gasteiger charge is -2.07. The van der Waals surface area contributed by atoms with Crippen LogP contribution in [0, 0.1) is 30.5 Å². The second kappa shape index (κ2) is 5.21. The molecule has 2 aromatic rings. The number of hydrogen-bond acceptors (Lipinski definition) is 5. The Bertz CT molecular complexity index is 575. The Morgan fingerprint density at radius 3 is 2.21 bits per heavy atom. The van der Waals surface area contributed by atoms with Crippen LogP contribution in [0.5, 0.6) is 0 Å². The van der Waals surface area contributed by atoms with E-state index < -0.39 is 29.2 Å². The summed E-state index contributed by atoms with van der Waals surface area (Å²) in [7, 11) is 0. The van der Waals surface area contributed by atoms with Crippen LogP contribution in [-0.2, 0) is 6.42 Å². The van der Waals surface area contributed by atoms with Gasteiger partial charge in [0.15, 0.2) is 5.82 Å². The van der Waals surface area contributed by atoms with Crippen LogP contribution in [0.2, 0.25) is 0 Å². The molecule has 5 nitrogen and oxygen atoms in total. The molecule has 0 bridgehead atoms. The molecule has 0 fully saturated rings. The van der Waals surface area contributed by atoms with Gasteiger partial charge in [0, 0.05) is 19.9 Å². The molecule has 0 aliphatic rings. The quantitative estimate of drug-likeness (QED) is 0.683. The van der Waals surface area contributed by atoms with Gasteiger partial charge in [0.05, 0.1) is 0 Å². The Labute approximate surface area is 104 Å². The molecule has 9 heteroatoms. The van der Waals surface area contributed by atoms with E-state index in [2.05, 4.69) is 25.0 Å². The third-order valence-electron chi connectivity index (χ3n) is 2.22. The topological polar surface area (TPSA) is 63.8 Å². The average molecular weight is 276 g/mol. The van der Waals surface area contributed by atoms with Gasteiger partial charge in [-0.25, -0.2) is 0 Å². The van der Waals surface area contributed by atoms with E-state index >= 15 is 0 Å². The number of halogens is 4. The monoisotopic (exact) mass is 276 g/mol. The van der Waals surface area contributed by atoms with Crippen LogP contribution in [0.25, 0.3) is 0 Å². The maximum Gasteiger partial charge on any atom is 0.253 e. The van der Waals surface area contributed by atoms with Gasteiger partial charge < -0.3 is 9.84 Å². The van der Waals surface area contributed by atoms with Crippen molar-refractivity contribution in [2.24, 2.45) is 0 Å². The van der Waals surface area contributed by atoms with Gasteiger partial charge in [-0.1, -0.05) is 5.16 Å². The van der Waals surface area contributed by atoms with Gasteiger partial charge in [-0.3, -0.25) is 0 Å². The number of aryl methyl sites for hydroxylation is 1. The molecule has 102 valence electrons. The lowest BCUT2D eigenvalue weighted by molar-refractivity contribution is 0.387. The molecule has 0 radical (unpaired) electrons. The van der Waals surface area contributed by atoms with Crippen LogP contribution < -0.4 is 5.32 Å². The number of hydrogen-bond donors (Lipinski definition) is 1. The molecule has 0 amide bonds. The fourth-order valence-corrected chi connectivity index (χ4v) is 1.38. The summed E-state index contributed by atoms with van der Waals surface area (Å²) in [6.45, 7) is 1.55. The third kappa shape index (κ3) is 2.80. The highest BCUT2D eigenvalue weighted by Crippen LogP contribution is 2.21. The Kier molecular flexibility index (Phi) is 3.63. The number of anilines is 1. The fourth-order valence-electron chi connectivity index (χ4n) is 1.38. The minimum absolute atomic E-state index is 0.0320. The zero-order valence-corrected chi connectivity index (χ0v) is 9.68. The number of nitrogens with zero attached hydrogens (tertiary/aromatic N) is 3. The van der Waals surface area contributed by atoms with Crippen LogP contribution in [0.3, 0.4) is 0 Å². The van der Waals surface area contributed by atoms with E-state index in [1.165, 1.54) is 0 Å². The van der Waals surface area contributed by atoms with Crippen molar-refractivity contribution in [2.45, 2.75) is 13.3 Å². The van der Waals surface area contributed by atoms with Crippen molar-refractivity contribution in [3.63, 3.8) is 0 Å². The van der Waals surface area contributed by atoms with Crippen molar-refractivity contribution in [1.82, 2.24) is 15.1 Å². The van der Waals surface area contributed by atoms with E-state index in [4.69, 9.17) is 0 Å². The van der Waals surface area contributed by atoms with E-state index in [1.807, 2.05) is 0 Å². The molecule has 0 spiro atoms. The van der Waals surface area contributed by atoms with Crippen molar-refractivity contribution in [1.29, 1.82) is 0 Å². The highest BCUT2D eigenvalue weighted by atomic mass is 19.2. The molecular formula is C10H8F4N4O. The lowest BCUT2D eigenvalue weighted by Crippen LogP contribution is -2.12. The molecule has 0 aliphatic carbocycles. The van der Waals surface area contributed by atoms with Gasteiger partial charge in [0.25, 0.3) is 11.9 Å². The first kappa shape index (κ1) is 13.2. The summed E-state index contributed by atoms with van der Waals surface area (Å²) in [6, 6.07) is 0. The van der Waals surface area contributed by atoms with Gasteiger partial charge >= 0.3 is 0 Å². The van der Waals surface area contributed by atoms with E-state index in [1.54, 1.807) is 6.92 Å². The van der Waals surface area contributed by atoms with Crippen molar-refractivity contribution in [2.75, 3.05) is 11.9 Å². The summed E-state index contributed by atoms with van der Waals surface area (Å²) in [4.78, 5) is 6.30. The van der Waals surface area contributed by atoms with Crippen LogP contribution in [-0.4, -0.2) is 21.7 Å². The number of aromatic nitrogens is 3. The molecule has 0 aliphatic heterocycles. The largest absolute Gasteiger partial charge is 0.380 e. The second-order valence-electron chi connectivity index (χ2n) is 3.60. The number of nitrogens with one attached hydrogen (secondary N) is 1. The van der Waals surface area contributed by atoms with Gasteiger partial charge in [-0.2, -0.15) is 27.5 Å². The highest BCUT2D eigenvalue weighted by molar-refractivity contribution is 5.45. The van der Waals surface area contributed by atoms with Gasteiger partial charge in [0.2, 0.25) is 17.5 Å². The van der Waals surface area contributed by atoms with Gasteiger partial charge in [0.1, 0.15) is 5.69 Å². The smallest absolute Gasteiger partial charge is 0.253 e. The molecule has 2 aromatic heterocycles. The van der Waals surface area contributed by atoms with E-state index in [0.717, 1.165) is 0 Å². The SMILES string of the molecule is Cc1nc(CCNc2c(F)c(F)nc(F)c2F)no1. The maximum atomic E-state index is 13.2. The summed E-state index contributed by atoms with van der Waals surface area (Å²) in [5.41, 5.74) is -0.912. The van der Waals surface area contributed by atoms with Crippen LogP contribution >= 0.6 is 0 Å². The molecule has 2 heterocycles. The molecule has 0 aromatic carbocycles. The van der Waals surface area contributed by atoms with Crippen molar-refractivity contribution in [3.05, 3.63) is 35.2 Å². The summed E-state index contributed by atoms with van der Waals surface area (Å²) in [5.74, 6) is -5.94. The Balaban J connectivity index is 2.07. The normalized spacial score (nSPS) is 10.8. The maximum absolute atomic E-state index is 13.2. The molecule has 0 unspecified atom stereocenters. The molecule has 0 atom stereocenters. The predicted octanol–water partition coefficient (Wildman–Crippen LogP) is 1.98. The van der Waals surface area contributed by atoms with Crippen LogP contribution in [0.4, 0.5) is 23.2 Å². The summed E-state index contributed by atoms with van der Waals surface area (Å²) >= 11 is 0. The summed E-state index contributed by atoms with van der Waals surface area (Å²) in [5, 5.41) is 5.78. The molecule has 1 N–H and O–H groups in total. The van der Waals surface area contributed by atoms with E-state index in [-0.39, 0.29) is 13.0 Å². The molecular weight excluding hydrogens is 268 g/mol. The molecule has 19 heavy (non-hydrogen) atoms. The van der Waals surface area contributed by atoms with Crippen LogP contribution in [0.15, 0.2) is 4.52 Å². The molecule has 0 saturated carbocycles. The summed E-state index contributed by atoms with van der Waals surface area (Å²) in [6.07, 6.45) is 0.168. The van der Waals surface area contributed by atoms with Crippen molar-refractivity contribution < 1.29 is 22.1 Å². The Hall–Kier alpha value is -2.19. The highest BCUT2D eigenvalue weighted by Gasteiger charge is 2.20. The van der Waals surface area contributed by atoms with E-state index in [9.17, 15) is 17.6 Å². The minimum Gasteiger partial charge on any atom is -0.380 e. The Morgan fingerprint density at radius 1 is 1.05 bits per heavy atom. The first-order valence-electron chi connectivity index (χ1n) is 5.22. The lowest BCUT2D eigenvalue weighted by atomic mass is 10.3. The standard InChI is InChI=1S/C10H8F4N4O/c1-4-16-5(18-19-4)2-3-15-8-6(11)9(13)17-10(14)7(8)12/h2-3H2,1H3,(H,15,17).